The lowest BCUT2D eigenvalue weighted by Crippen LogP contribution is -2.25. The fourth-order valence-corrected chi connectivity index (χ4v) is 2.36. The first-order valence-corrected chi connectivity index (χ1v) is 4.68. The summed E-state index contributed by atoms with van der Waals surface area (Å²) < 4.78 is 0. The second-order valence-electron chi connectivity index (χ2n) is 2.99. The zero-order valence-electron chi connectivity index (χ0n) is 7.78. The molecule has 2 N–H and O–H groups in total. The summed E-state index contributed by atoms with van der Waals surface area (Å²) in [7, 11) is 2.09. The van der Waals surface area contributed by atoms with Crippen LogP contribution in [-0.4, -0.2) is 29.0 Å². The summed E-state index contributed by atoms with van der Waals surface area (Å²) >= 11 is 1.53. The molecule has 0 fully saturated rings. The third-order valence-electron chi connectivity index (χ3n) is 2.02. The number of nitriles is 1. The van der Waals surface area contributed by atoms with Crippen LogP contribution >= 0.6 is 23.7 Å². The van der Waals surface area contributed by atoms with Crippen LogP contribution in [0.15, 0.2) is 0 Å². The maximum Gasteiger partial charge on any atom is 0.194 e. The molecule has 1 aromatic heterocycles. The van der Waals surface area contributed by atoms with E-state index in [1.165, 1.54) is 16.2 Å². The van der Waals surface area contributed by atoms with E-state index in [0.29, 0.717) is 5.01 Å². The molecule has 0 atom stereocenters. The van der Waals surface area contributed by atoms with Gasteiger partial charge in [0.25, 0.3) is 0 Å². The third kappa shape index (κ3) is 2.42. The van der Waals surface area contributed by atoms with Crippen molar-refractivity contribution in [2.45, 2.75) is 13.0 Å². The summed E-state index contributed by atoms with van der Waals surface area (Å²) in [4.78, 5) is 7.75. The van der Waals surface area contributed by atoms with Gasteiger partial charge in [0, 0.05) is 24.4 Å². The minimum Gasteiger partial charge on any atom is -0.412 e. The molecule has 1 aliphatic heterocycles. The molecule has 0 aromatic carbocycles. The molecule has 0 unspecified atom stereocenters. The predicted molar refractivity (Wildman–Crippen MR) is 57.7 cm³/mol. The topological polar surface area (TPSA) is 71.4 Å². The van der Waals surface area contributed by atoms with Gasteiger partial charge in [-0.05, 0) is 7.05 Å². The number of hydrogen-bond donors (Lipinski definition) is 0. The van der Waals surface area contributed by atoms with E-state index in [1.807, 2.05) is 0 Å². The molecule has 78 valence electrons. The van der Waals surface area contributed by atoms with Crippen LogP contribution in [-0.2, 0) is 13.0 Å². The molecular formula is C8H12ClN3OS. The van der Waals surface area contributed by atoms with Gasteiger partial charge in [0.2, 0.25) is 0 Å². The van der Waals surface area contributed by atoms with Gasteiger partial charge in [-0.15, -0.1) is 23.7 Å². The van der Waals surface area contributed by atoms with E-state index in [1.54, 1.807) is 0 Å². The van der Waals surface area contributed by atoms with Crippen LogP contribution in [0.1, 0.15) is 15.6 Å². The van der Waals surface area contributed by atoms with Crippen molar-refractivity contribution in [3.05, 3.63) is 15.6 Å². The first-order valence-electron chi connectivity index (χ1n) is 3.87. The van der Waals surface area contributed by atoms with Crippen molar-refractivity contribution in [2.75, 3.05) is 13.6 Å². The number of thiazole rings is 1. The minimum absolute atomic E-state index is 0. The van der Waals surface area contributed by atoms with Gasteiger partial charge in [-0.25, -0.2) is 4.98 Å². The van der Waals surface area contributed by atoms with E-state index in [2.05, 4.69) is 23.0 Å². The summed E-state index contributed by atoms with van der Waals surface area (Å²) in [5.74, 6) is 0. The van der Waals surface area contributed by atoms with Gasteiger partial charge in [0.1, 0.15) is 6.07 Å². The smallest absolute Gasteiger partial charge is 0.194 e. The highest BCUT2D eigenvalue weighted by Crippen LogP contribution is 2.23. The van der Waals surface area contributed by atoms with Crippen molar-refractivity contribution >= 4 is 23.7 Å². The average molecular weight is 234 g/mol. The van der Waals surface area contributed by atoms with Gasteiger partial charge in [-0.2, -0.15) is 5.26 Å². The Balaban J connectivity index is 0.000000845. The van der Waals surface area contributed by atoms with Crippen LogP contribution in [0, 0.1) is 11.3 Å². The Labute approximate surface area is 92.9 Å². The molecular weight excluding hydrogens is 222 g/mol. The van der Waals surface area contributed by atoms with E-state index >= 15 is 0 Å². The van der Waals surface area contributed by atoms with Crippen LogP contribution in [0.2, 0.25) is 0 Å². The summed E-state index contributed by atoms with van der Waals surface area (Å²) in [6, 6.07) is 2.09. The molecule has 1 aliphatic rings. The summed E-state index contributed by atoms with van der Waals surface area (Å²) in [6.45, 7) is 2.01. The first-order chi connectivity index (χ1) is 5.79. The van der Waals surface area contributed by atoms with Crippen molar-refractivity contribution in [2.24, 2.45) is 0 Å². The van der Waals surface area contributed by atoms with Gasteiger partial charge in [-0.3, -0.25) is 0 Å². The summed E-state index contributed by atoms with van der Waals surface area (Å²) in [5, 5.41) is 9.24. The van der Waals surface area contributed by atoms with Crippen molar-refractivity contribution in [1.29, 1.82) is 5.26 Å². The van der Waals surface area contributed by atoms with Crippen LogP contribution in [0.25, 0.3) is 0 Å². The maximum atomic E-state index is 8.64. The highest BCUT2D eigenvalue weighted by molar-refractivity contribution is 7.12. The number of rotatable bonds is 0. The van der Waals surface area contributed by atoms with E-state index in [9.17, 15) is 0 Å². The molecule has 2 rings (SSSR count). The van der Waals surface area contributed by atoms with Crippen molar-refractivity contribution in [3.8, 4) is 6.07 Å². The third-order valence-corrected chi connectivity index (χ3v) is 3.00. The van der Waals surface area contributed by atoms with Gasteiger partial charge >= 0.3 is 0 Å². The van der Waals surface area contributed by atoms with Gasteiger partial charge < -0.3 is 10.4 Å². The average Bonchev–Trinajstić information content (AvgIpc) is 2.46. The van der Waals surface area contributed by atoms with Crippen molar-refractivity contribution in [3.63, 3.8) is 0 Å². The molecule has 0 radical (unpaired) electrons. The van der Waals surface area contributed by atoms with E-state index in [0.717, 1.165) is 25.2 Å². The van der Waals surface area contributed by atoms with Gasteiger partial charge in [-0.1, -0.05) is 0 Å². The Hall–Kier alpha value is -0.670. The fourth-order valence-electron chi connectivity index (χ4n) is 1.37. The van der Waals surface area contributed by atoms with Gasteiger partial charge in [0.05, 0.1) is 5.69 Å². The second kappa shape index (κ2) is 5.27. The van der Waals surface area contributed by atoms with Crippen molar-refractivity contribution < 1.29 is 5.48 Å². The standard InChI is InChI=1S/C8H9N3S.ClH.H2O/c1-11-3-2-6-7(5-11)12-8(4-9)10-6;;/h2-3,5H2,1H3;1H;1H2. The molecule has 14 heavy (non-hydrogen) atoms. The fraction of sp³-hybridized carbons (Fsp3) is 0.500. The lowest BCUT2D eigenvalue weighted by molar-refractivity contribution is 0.314. The highest BCUT2D eigenvalue weighted by Gasteiger charge is 2.17. The zero-order chi connectivity index (χ0) is 8.55. The molecule has 6 heteroatoms. The Bertz CT molecular complexity index is 347. The largest absolute Gasteiger partial charge is 0.412 e. The summed E-state index contributed by atoms with van der Waals surface area (Å²) in [5.41, 5.74) is 1.13. The molecule has 4 nitrogen and oxygen atoms in total. The van der Waals surface area contributed by atoms with E-state index < -0.39 is 0 Å². The second-order valence-corrected chi connectivity index (χ2v) is 4.07. The minimum atomic E-state index is 0. The number of aromatic nitrogens is 1. The lowest BCUT2D eigenvalue weighted by atomic mass is 10.2. The number of hydrogen-bond acceptors (Lipinski definition) is 4. The number of fused-ring (bicyclic) bond motifs is 1. The Morgan fingerprint density at radius 1 is 1.57 bits per heavy atom. The number of likely N-dealkylation sites (N-methyl/N-ethyl adjacent to an activating group) is 1. The van der Waals surface area contributed by atoms with Crippen LogP contribution in [0.5, 0.6) is 0 Å². The lowest BCUT2D eigenvalue weighted by Gasteiger charge is -2.20. The van der Waals surface area contributed by atoms with Crippen LogP contribution in [0.4, 0.5) is 0 Å². The summed E-state index contributed by atoms with van der Waals surface area (Å²) in [6.07, 6.45) is 0.990. The SMILES string of the molecule is CN1CCc2nc(C#N)sc2C1.Cl.O. The molecule has 2 heterocycles. The Morgan fingerprint density at radius 3 is 2.93 bits per heavy atom. The van der Waals surface area contributed by atoms with E-state index in [-0.39, 0.29) is 17.9 Å². The Kier molecular flexibility index (Phi) is 5.02. The van der Waals surface area contributed by atoms with Gasteiger partial charge in [0.15, 0.2) is 5.01 Å². The van der Waals surface area contributed by atoms with Crippen LogP contribution < -0.4 is 0 Å². The molecule has 0 saturated carbocycles. The highest BCUT2D eigenvalue weighted by atomic mass is 35.5. The number of halogens is 1. The normalized spacial score (nSPS) is 14.6. The molecule has 0 aliphatic carbocycles. The monoisotopic (exact) mass is 233 g/mol. The molecule has 1 aromatic rings. The molecule has 0 spiro atoms. The quantitative estimate of drug-likeness (QED) is 0.659. The van der Waals surface area contributed by atoms with Crippen molar-refractivity contribution in [1.82, 2.24) is 9.88 Å². The molecule has 0 saturated heterocycles. The number of nitrogens with zero attached hydrogens (tertiary/aromatic N) is 3. The Morgan fingerprint density at radius 2 is 2.29 bits per heavy atom. The molecule has 0 bridgehead atoms. The molecule has 0 amide bonds. The zero-order valence-corrected chi connectivity index (χ0v) is 9.41. The predicted octanol–water partition coefficient (Wildman–Crippen LogP) is 0.600. The maximum absolute atomic E-state index is 8.64. The van der Waals surface area contributed by atoms with E-state index in [4.69, 9.17) is 5.26 Å². The first kappa shape index (κ1) is 13.3. The van der Waals surface area contributed by atoms with Crippen LogP contribution in [0.3, 0.4) is 0 Å².